The Morgan fingerprint density at radius 1 is 1.18 bits per heavy atom. The van der Waals surface area contributed by atoms with E-state index in [-0.39, 0.29) is 5.52 Å². The Kier molecular flexibility index (Phi) is 3.71. The van der Waals surface area contributed by atoms with E-state index in [0.29, 0.717) is 10.7 Å². The number of aromatic nitrogens is 1. The molecule has 2 saturated heterocycles. The van der Waals surface area contributed by atoms with Crippen molar-refractivity contribution in [3.8, 4) is 0 Å². The van der Waals surface area contributed by atoms with Crippen LogP contribution < -0.4 is 4.90 Å². The molecule has 7 heteroatoms. The third-order valence-corrected chi connectivity index (χ3v) is 5.46. The highest BCUT2D eigenvalue weighted by Gasteiger charge is 2.30. The Labute approximate surface area is 131 Å². The number of halogens is 2. The molecule has 4 rings (SSSR count). The highest BCUT2D eigenvalue weighted by Crippen LogP contribution is 2.33. The van der Waals surface area contributed by atoms with Gasteiger partial charge in [-0.15, -0.1) is 0 Å². The van der Waals surface area contributed by atoms with Crippen molar-refractivity contribution in [2.45, 2.75) is 12.5 Å². The van der Waals surface area contributed by atoms with E-state index in [4.69, 9.17) is 4.74 Å². The maximum atomic E-state index is 13.8. The molecular formula is C15H17F2N3OS. The summed E-state index contributed by atoms with van der Waals surface area (Å²) in [5.74, 6) is -1.13. The second-order valence-electron chi connectivity index (χ2n) is 5.77. The first-order valence-electron chi connectivity index (χ1n) is 7.53. The third-order valence-electron chi connectivity index (χ3n) is 4.40. The van der Waals surface area contributed by atoms with Gasteiger partial charge in [0.15, 0.2) is 10.9 Å². The maximum Gasteiger partial charge on any atom is 0.186 e. The number of benzene rings is 1. The number of nitrogens with zero attached hydrogens (tertiary/aromatic N) is 3. The van der Waals surface area contributed by atoms with E-state index in [2.05, 4.69) is 14.8 Å². The minimum absolute atomic E-state index is 0.274. The van der Waals surface area contributed by atoms with Crippen LogP contribution in [0.4, 0.5) is 13.9 Å². The summed E-state index contributed by atoms with van der Waals surface area (Å²) < 4.78 is 33.0. The van der Waals surface area contributed by atoms with Crippen LogP contribution in [0.3, 0.4) is 0 Å². The van der Waals surface area contributed by atoms with E-state index < -0.39 is 11.6 Å². The van der Waals surface area contributed by atoms with Crippen LogP contribution in [0.5, 0.6) is 0 Å². The van der Waals surface area contributed by atoms with E-state index >= 15 is 0 Å². The maximum absolute atomic E-state index is 13.8. The molecule has 4 nitrogen and oxygen atoms in total. The highest BCUT2D eigenvalue weighted by molar-refractivity contribution is 7.22. The molecule has 0 N–H and O–H groups in total. The Balaban J connectivity index is 1.54. The molecule has 3 heterocycles. The Morgan fingerprint density at radius 3 is 2.82 bits per heavy atom. The van der Waals surface area contributed by atoms with Gasteiger partial charge in [0.1, 0.15) is 11.3 Å². The number of rotatable bonds is 2. The fourth-order valence-electron chi connectivity index (χ4n) is 3.24. The third kappa shape index (κ3) is 2.57. The van der Waals surface area contributed by atoms with Crippen molar-refractivity contribution in [2.75, 3.05) is 44.3 Å². The number of anilines is 1. The minimum Gasteiger partial charge on any atom is -0.379 e. The summed E-state index contributed by atoms with van der Waals surface area (Å²) in [4.78, 5) is 9.01. The van der Waals surface area contributed by atoms with Gasteiger partial charge >= 0.3 is 0 Å². The smallest absolute Gasteiger partial charge is 0.186 e. The molecule has 0 amide bonds. The zero-order valence-corrected chi connectivity index (χ0v) is 12.9. The van der Waals surface area contributed by atoms with Gasteiger partial charge < -0.3 is 9.64 Å². The molecule has 2 aliphatic heterocycles. The molecule has 1 aromatic carbocycles. The van der Waals surface area contributed by atoms with Crippen LogP contribution in [0, 0.1) is 11.6 Å². The number of thiazole rings is 1. The molecule has 22 heavy (non-hydrogen) atoms. The summed E-state index contributed by atoms with van der Waals surface area (Å²) in [5, 5.41) is 0.787. The van der Waals surface area contributed by atoms with Crippen LogP contribution in [-0.4, -0.2) is 55.3 Å². The van der Waals surface area contributed by atoms with Crippen LogP contribution in [0.15, 0.2) is 12.1 Å². The highest BCUT2D eigenvalue weighted by atomic mass is 32.1. The summed E-state index contributed by atoms with van der Waals surface area (Å²) in [6.07, 6.45) is 1.08. The standard InChI is InChI=1S/C15H17F2N3OS/c16-10-7-12(17)14-13(8-10)22-15(18-14)20-2-1-11(9-20)19-3-5-21-6-4-19/h7-8,11H,1-6,9H2. The average Bonchev–Trinajstić information content (AvgIpc) is 3.14. The van der Waals surface area contributed by atoms with Crippen molar-refractivity contribution in [2.24, 2.45) is 0 Å². The van der Waals surface area contributed by atoms with E-state index in [1.807, 2.05) is 0 Å². The van der Waals surface area contributed by atoms with Gasteiger partial charge in [0.25, 0.3) is 0 Å². The number of ether oxygens (including phenoxy) is 1. The van der Waals surface area contributed by atoms with Crippen LogP contribution in [0.1, 0.15) is 6.42 Å². The second kappa shape index (κ2) is 5.72. The zero-order chi connectivity index (χ0) is 15.1. The molecule has 2 aromatic rings. The van der Waals surface area contributed by atoms with E-state index in [9.17, 15) is 8.78 Å². The van der Waals surface area contributed by atoms with Gasteiger partial charge in [0.05, 0.1) is 17.9 Å². The normalized spacial score (nSPS) is 23.5. The summed E-state index contributed by atoms with van der Waals surface area (Å²) in [6.45, 7) is 5.33. The molecule has 0 spiro atoms. The number of hydrogen-bond donors (Lipinski definition) is 0. The lowest BCUT2D eigenvalue weighted by Gasteiger charge is -2.32. The molecule has 2 fully saturated rings. The largest absolute Gasteiger partial charge is 0.379 e. The fourth-order valence-corrected chi connectivity index (χ4v) is 4.28. The van der Waals surface area contributed by atoms with Gasteiger partial charge in [-0.05, 0) is 12.5 Å². The van der Waals surface area contributed by atoms with E-state index in [1.165, 1.54) is 17.4 Å². The summed E-state index contributed by atoms with van der Waals surface area (Å²) in [6, 6.07) is 2.75. The van der Waals surface area contributed by atoms with E-state index in [0.717, 1.165) is 57.0 Å². The molecule has 2 aliphatic rings. The quantitative estimate of drug-likeness (QED) is 0.848. The van der Waals surface area contributed by atoms with Gasteiger partial charge in [-0.1, -0.05) is 11.3 Å². The van der Waals surface area contributed by atoms with Crippen molar-refractivity contribution in [1.82, 2.24) is 9.88 Å². The predicted molar refractivity (Wildman–Crippen MR) is 82.5 cm³/mol. The fraction of sp³-hybridized carbons (Fsp3) is 0.533. The lowest BCUT2D eigenvalue weighted by molar-refractivity contribution is 0.0209. The molecule has 1 atom stereocenters. The summed E-state index contributed by atoms with van der Waals surface area (Å²) in [5.41, 5.74) is 0.274. The van der Waals surface area contributed by atoms with Crippen LogP contribution >= 0.6 is 11.3 Å². The van der Waals surface area contributed by atoms with Crippen molar-refractivity contribution in [3.63, 3.8) is 0 Å². The van der Waals surface area contributed by atoms with Gasteiger partial charge in [0, 0.05) is 38.3 Å². The monoisotopic (exact) mass is 325 g/mol. The van der Waals surface area contributed by atoms with Crippen molar-refractivity contribution < 1.29 is 13.5 Å². The van der Waals surface area contributed by atoms with Crippen LogP contribution in [0.25, 0.3) is 10.2 Å². The van der Waals surface area contributed by atoms with Gasteiger partial charge in [-0.3, -0.25) is 4.90 Å². The van der Waals surface area contributed by atoms with Crippen molar-refractivity contribution >= 4 is 26.7 Å². The first-order valence-corrected chi connectivity index (χ1v) is 8.35. The van der Waals surface area contributed by atoms with E-state index in [1.54, 1.807) is 0 Å². The predicted octanol–water partition coefficient (Wildman–Crippen LogP) is 2.49. The van der Waals surface area contributed by atoms with Crippen molar-refractivity contribution in [3.05, 3.63) is 23.8 Å². The molecule has 118 valence electrons. The van der Waals surface area contributed by atoms with Crippen LogP contribution in [-0.2, 0) is 4.74 Å². The average molecular weight is 325 g/mol. The number of fused-ring (bicyclic) bond motifs is 1. The zero-order valence-electron chi connectivity index (χ0n) is 12.1. The Bertz CT molecular complexity index is 687. The summed E-state index contributed by atoms with van der Waals surface area (Å²) in [7, 11) is 0. The molecule has 1 unspecified atom stereocenters. The SMILES string of the molecule is Fc1cc(F)c2nc(N3CCC(N4CCOCC4)C3)sc2c1. The lowest BCUT2D eigenvalue weighted by Crippen LogP contribution is -2.44. The van der Waals surface area contributed by atoms with Gasteiger partial charge in [-0.2, -0.15) is 0 Å². The Morgan fingerprint density at radius 2 is 2.00 bits per heavy atom. The second-order valence-corrected chi connectivity index (χ2v) is 6.78. The first kappa shape index (κ1) is 14.3. The molecule has 1 aromatic heterocycles. The molecule has 0 bridgehead atoms. The molecule has 0 saturated carbocycles. The van der Waals surface area contributed by atoms with Crippen LogP contribution in [0.2, 0.25) is 0 Å². The van der Waals surface area contributed by atoms with Gasteiger partial charge in [0.2, 0.25) is 0 Å². The summed E-state index contributed by atoms with van der Waals surface area (Å²) >= 11 is 1.36. The lowest BCUT2D eigenvalue weighted by atomic mass is 10.2. The number of morpholine rings is 1. The number of hydrogen-bond acceptors (Lipinski definition) is 5. The van der Waals surface area contributed by atoms with Crippen molar-refractivity contribution in [1.29, 1.82) is 0 Å². The molecule has 0 aliphatic carbocycles. The molecule has 0 radical (unpaired) electrons. The topological polar surface area (TPSA) is 28.6 Å². The first-order chi connectivity index (χ1) is 10.7. The Hall–Kier alpha value is -1.31. The molecular weight excluding hydrogens is 308 g/mol. The van der Waals surface area contributed by atoms with Gasteiger partial charge in [-0.25, -0.2) is 13.8 Å². The minimum atomic E-state index is -0.582.